The first-order valence-electron chi connectivity index (χ1n) is 18.9. The van der Waals surface area contributed by atoms with E-state index in [0.29, 0.717) is 56.0 Å². The van der Waals surface area contributed by atoms with Gasteiger partial charge >= 0.3 is 0 Å². The standard InChI is InChI=1S/C43H47N7O5/c1-28(51)29-10-12-31(13-11-29)47-42(54)40(49-21-16-32(17-22-49)45-34-6-2-8-37(52)26-34)41(43(55)48-36-14-15-39-30(25-36)5-4-20-44-39)50-23-18-33(19-24-50)46-35-7-3-9-38(53)27-35/h2-15,20,25-27,32-33,40-41,45-46,52-53H,16-19,21-24H2,1H3,(H,47,54)(H,48,55). The second kappa shape index (κ2) is 17.0. The number of likely N-dealkylation sites (tertiary alicyclic amines) is 2. The van der Waals surface area contributed by atoms with Gasteiger partial charge in [0.05, 0.1) is 5.52 Å². The first-order valence-corrected chi connectivity index (χ1v) is 18.9. The molecule has 2 aliphatic rings. The molecule has 0 saturated carbocycles. The van der Waals surface area contributed by atoms with Gasteiger partial charge in [0.25, 0.3) is 0 Å². The fraction of sp³-hybridized carbons (Fsp3) is 0.302. The van der Waals surface area contributed by atoms with Crippen molar-refractivity contribution in [2.75, 3.05) is 47.4 Å². The van der Waals surface area contributed by atoms with Crippen molar-refractivity contribution in [1.82, 2.24) is 14.8 Å². The van der Waals surface area contributed by atoms with E-state index in [2.05, 4.69) is 36.1 Å². The van der Waals surface area contributed by atoms with E-state index in [-0.39, 0.29) is 41.2 Å². The summed E-state index contributed by atoms with van der Waals surface area (Å²) in [4.78, 5) is 50.1. The summed E-state index contributed by atoms with van der Waals surface area (Å²) in [5, 5.41) is 34.2. The highest BCUT2D eigenvalue weighted by Gasteiger charge is 2.44. The molecule has 2 fully saturated rings. The highest BCUT2D eigenvalue weighted by atomic mass is 16.3. The lowest BCUT2D eigenvalue weighted by Gasteiger charge is -2.45. The molecule has 3 heterocycles. The van der Waals surface area contributed by atoms with E-state index in [0.717, 1.165) is 35.1 Å². The second-order valence-corrected chi connectivity index (χ2v) is 14.4. The number of carbonyl (C=O) groups excluding carboxylic acids is 3. The van der Waals surface area contributed by atoms with Crippen LogP contribution in [0.1, 0.15) is 43.0 Å². The zero-order chi connectivity index (χ0) is 38.3. The van der Waals surface area contributed by atoms with Crippen molar-refractivity contribution < 1.29 is 24.6 Å². The van der Waals surface area contributed by atoms with Crippen molar-refractivity contribution in [1.29, 1.82) is 0 Å². The maximum Gasteiger partial charge on any atom is 0.243 e. The molecule has 7 rings (SSSR count). The van der Waals surface area contributed by atoms with Crippen LogP contribution < -0.4 is 21.3 Å². The number of fused-ring (bicyclic) bond motifs is 1. The average Bonchev–Trinajstić information content (AvgIpc) is 3.18. The SMILES string of the molecule is CC(=O)c1ccc(NC(=O)C(C(C(=O)Nc2ccc3ncccc3c2)N2CCC(Nc3cccc(O)c3)CC2)N2CCC(Nc3cccc(O)c3)CC2)cc1. The van der Waals surface area contributed by atoms with E-state index in [1.807, 2.05) is 42.5 Å². The molecule has 2 unspecified atom stereocenters. The molecule has 284 valence electrons. The van der Waals surface area contributed by atoms with Crippen LogP contribution in [0.3, 0.4) is 0 Å². The summed E-state index contributed by atoms with van der Waals surface area (Å²) in [6.45, 7) is 3.73. The minimum absolute atomic E-state index is 0.0684. The Kier molecular flexibility index (Phi) is 11.5. The first kappa shape index (κ1) is 37.3. The van der Waals surface area contributed by atoms with Gasteiger partial charge in [-0.1, -0.05) is 18.2 Å². The number of aromatic nitrogens is 1. The molecular weight excluding hydrogens is 695 g/mol. The number of nitrogens with one attached hydrogen (secondary N) is 4. The van der Waals surface area contributed by atoms with E-state index >= 15 is 0 Å². The monoisotopic (exact) mass is 741 g/mol. The van der Waals surface area contributed by atoms with Crippen LogP contribution in [0.2, 0.25) is 0 Å². The summed E-state index contributed by atoms with van der Waals surface area (Å²) < 4.78 is 0. The summed E-state index contributed by atoms with van der Waals surface area (Å²) in [7, 11) is 0. The molecule has 2 amide bonds. The van der Waals surface area contributed by atoms with Gasteiger partial charge in [-0.3, -0.25) is 29.2 Å². The molecule has 4 aromatic carbocycles. The third-order valence-corrected chi connectivity index (χ3v) is 10.5. The van der Waals surface area contributed by atoms with Crippen molar-refractivity contribution >= 4 is 51.3 Å². The van der Waals surface area contributed by atoms with Gasteiger partial charge in [-0.25, -0.2) is 0 Å². The largest absolute Gasteiger partial charge is 0.508 e. The third kappa shape index (κ3) is 9.40. The Balaban J connectivity index is 1.17. The molecule has 0 spiro atoms. The molecule has 55 heavy (non-hydrogen) atoms. The van der Waals surface area contributed by atoms with Crippen LogP contribution in [0.15, 0.2) is 109 Å². The Bertz CT molecular complexity index is 2130. The van der Waals surface area contributed by atoms with Gasteiger partial charge in [0.2, 0.25) is 11.8 Å². The van der Waals surface area contributed by atoms with E-state index in [4.69, 9.17) is 0 Å². The molecule has 6 N–H and O–H groups in total. The number of benzene rings is 4. The topological polar surface area (TPSA) is 159 Å². The number of rotatable bonds is 12. The van der Waals surface area contributed by atoms with Crippen molar-refractivity contribution in [3.8, 4) is 11.5 Å². The number of Topliss-reactive ketones (excluding diaryl/α,β-unsaturated/α-hetero) is 1. The summed E-state index contributed by atoms with van der Waals surface area (Å²) in [6.07, 6.45) is 4.61. The van der Waals surface area contributed by atoms with E-state index in [1.54, 1.807) is 66.9 Å². The number of hydrogen-bond donors (Lipinski definition) is 6. The molecule has 0 bridgehead atoms. The summed E-state index contributed by atoms with van der Waals surface area (Å²) >= 11 is 0. The lowest BCUT2D eigenvalue weighted by atomic mass is 9.94. The number of nitrogens with zero attached hydrogens (tertiary/aromatic N) is 3. The summed E-state index contributed by atoms with van der Waals surface area (Å²) in [5.41, 5.74) is 4.16. The van der Waals surface area contributed by atoms with Gasteiger partial charge in [0, 0.05) is 90.3 Å². The lowest BCUT2D eigenvalue weighted by Crippen LogP contribution is -2.64. The predicted molar refractivity (Wildman–Crippen MR) is 216 cm³/mol. The molecular formula is C43H47N7O5. The molecule has 5 aromatic rings. The quantitative estimate of drug-likeness (QED) is 0.0800. The number of hydrogen-bond acceptors (Lipinski definition) is 10. The zero-order valence-electron chi connectivity index (χ0n) is 30.8. The van der Waals surface area contributed by atoms with Crippen LogP contribution in [-0.2, 0) is 9.59 Å². The van der Waals surface area contributed by atoms with Gasteiger partial charge in [0.15, 0.2) is 5.78 Å². The van der Waals surface area contributed by atoms with Gasteiger partial charge in [-0.05, 0) is 105 Å². The fourth-order valence-electron chi connectivity index (χ4n) is 7.70. The number of ketones is 1. The van der Waals surface area contributed by atoms with Crippen molar-refractivity contribution in [3.05, 3.63) is 115 Å². The van der Waals surface area contributed by atoms with Crippen molar-refractivity contribution in [2.24, 2.45) is 0 Å². The smallest absolute Gasteiger partial charge is 0.243 e. The lowest BCUT2D eigenvalue weighted by molar-refractivity contribution is -0.133. The van der Waals surface area contributed by atoms with Crippen molar-refractivity contribution in [2.45, 2.75) is 56.8 Å². The molecule has 2 saturated heterocycles. The van der Waals surface area contributed by atoms with Gasteiger partial charge in [0.1, 0.15) is 23.6 Å². The number of phenols is 2. The highest BCUT2D eigenvalue weighted by molar-refractivity contribution is 6.04. The summed E-state index contributed by atoms with van der Waals surface area (Å²) in [5.74, 6) is -0.282. The Morgan fingerprint density at radius 1 is 0.618 bits per heavy atom. The Morgan fingerprint density at radius 2 is 1.13 bits per heavy atom. The molecule has 2 atom stereocenters. The van der Waals surface area contributed by atoms with E-state index < -0.39 is 12.1 Å². The van der Waals surface area contributed by atoms with Crippen LogP contribution in [0.4, 0.5) is 22.7 Å². The third-order valence-electron chi connectivity index (χ3n) is 10.5. The maximum atomic E-state index is 14.8. The number of phenolic OH excluding ortho intramolecular Hbond substituents is 2. The minimum Gasteiger partial charge on any atom is -0.508 e. The van der Waals surface area contributed by atoms with Crippen LogP contribution in [0.25, 0.3) is 10.9 Å². The van der Waals surface area contributed by atoms with Gasteiger partial charge in [-0.15, -0.1) is 0 Å². The van der Waals surface area contributed by atoms with Crippen LogP contribution in [0, 0.1) is 0 Å². The number of piperidine rings is 2. The van der Waals surface area contributed by atoms with Crippen LogP contribution in [0.5, 0.6) is 11.5 Å². The second-order valence-electron chi connectivity index (χ2n) is 14.4. The fourth-order valence-corrected chi connectivity index (χ4v) is 7.70. The van der Waals surface area contributed by atoms with Crippen LogP contribution >= 0.6 is 0 Å². The normalized spacial score (nSPS) is 16.9. The van der Waals surface area contributed by atoms with E-state index in [1.165, 1.54) is 6.92 Å². The predicted octanol–water partition coefficient (Wildman–Crippen LogP) is 6.32. The summed E-state index contributed by atoms with van der Waals surface area (Å²) in [6, 6.07) is 28.8. The molecule has 1 aromatic heterocycles. The Morgan fingerprint density at radius 3 is 1.64 bits per heavy atom. The Hall–Kier alpha value is -5.98. The van der Waals surface area contributed by atoms with Crippen molar-refractivity contribution in [3.63, 3.8) is 0 Å². The zero-order valence-corrected chi connectivity index (χ0v) is 30.8. The average molecular weight is 742 g/mol. The Labute approximate surface area is 320 Å². The van der Waals surface area contributed by atoms with E-state index in [9.17, 15) is 24.6 Å². The number of carbonyl (C=O) groups is 3. The number of anilines is 4. The van der Waals surface area contributed by atoms with Gasteiger partial charge < -0.3 is 31.5 Å². The molecule has 12 nitrogen and oxygen atoms in total. The molecule has 12 heteroatoms. The van der Waals surface area contributed by atoms with Gasteiger partial charge in [-0.2, -0.15) is 0 Å². The maximum absolute atomic E-state index is 14.8. The number of pyridine rings is 1. The highest BCUT2D eigenvalue weighted by Crippen LogP contribution is 2.28. The minimum atomic E-state index is -0.855. The molecule has 0 radical (unpaired) electrons. The number of aromatic hydroxyl groups is 2. The first-order chi connectivity index (χ1) is 26.7. The van der Waals surface area contributed by atoms with Crippen LogP contribution in [-0.4, -0.2) is 92.9 Å². The molecule has 0 aliphatic carbocycles. The number of amides is 2. The molecule has 2 aliphatic heterocycles.